The standard InChI is InChI=1S/C19H21NO4/c1-19(2,15-7-5-4-6-8-15)18(23)20-16-10-13(12-24-3)9-14(11-16)17(21)22/h4-11H,12H2,1-3H3,(H,20,23)(H,21,22). The van der Waals surface area contributed by atoms with E-state index in [2.05, 4.69) is 5.32 Å². The third-order valence-electron chi connectivity index (χ3n) is 3.87. The van der Waals surface area contributed by atoms with Gasteiger partial charge in [-0.2, -0.15) is 0 Å². The van der Waals surface area contributed by atoms with Crippen LogP contribution in [0.25, 0.3) is 0 Å². The lowest BCUT2D eigenvalue weighted by molar-refractivity contribution is -0.120. The lowest BCUT2D eigenvalue weighted by atomic mass is 9.83. The molecule has 2 rings (SSSR count). The minimum absolute atomic E-state index is 0.109. The molecule has 0 aliphatic rings. The Kier molecular flexibility index (Phi) is 5.36. The fourth-order valence-electron chi connectivity index (χ4n) is 2.41. The zero-order valence-electron chi connectivity index (χ0n) is 14.0. The van der Waals surface area contributed by atoms with Gasteiger partial charge < -0.3 is 15.2 Å². The monoisotopic (exact) mass is 327 g/mol. The van der Waals surface area contributed by atoms with Crippen LogP contribution in [0.4, 0.5) is 5.69 Å². The highest BCUT2D eigenvalue weighted by Crippen LogP contribution is 2.25. The highest BCUT2D eigenvalue weighted by molar-refractivity contribution is 5.99. The molecule has 0 saturated heterocycles. The van der Waals surface area contributed by atoms with E-state index in [9.17, 15) is 14.7 Å². The SMILES string of the molecule is COCc1cc(NC(=O)C(C)(C)c2ccccc2)cc(C(=O)O)c1. The molecular formula is C19H21NO4. The molecule has 2 N–H and O–H groups in total. The van der Waals surface area contributed by atoms with Crippen molar-refractivity contribution < 1.29 is 19.4 Å². The molecule has 0 fully saturated rings. The summed E-state index contributed by atoms with van der Waals surface area (Å²) in [6.07, 6.45) is 0. The number of carbonyl (C=O) groups excluding carboxylic acids is 1. The van der Waals surface area contributed by atoms with Gasteiger partial charge in [-0.15, -0.1) is 0 Å². The second kappa shape index (κ2) is 7.27. The molecule has 0 aliphatic heterocycles. The summed E-state index contributed by atoms with van der Waals surface area (Å²) >= 11 is 0. The smallest absolute Gasteiger partial charge is 0.335 e. The number of carboxylic acid groups (broad SMARTS) is 1. The summed E-state index contributed by atoms with van der Waals surface area (Å²) < 4.78 is 5.05. The first-order valence-electron chi connectivity index (χ1n) is 7.58. The molecule has 0 radical (unpaired) electrons. The van der Waals surface area contributed by atoms with Crippen LogP contribution in [0.1, 0.15) is 35.3 Å². The van der Waals surface area contributed by atoms with Gasteiger partial charge in [0.25, 0.3) is 0 Å². The number of hydrogen-bond donors (Lipinski definition) is 2. The van der Waals surface area contributed by atoms with E-state index in [1.165, 1.54) is 19.2 Å². The zero-order valence-corrected chi connectivity index (χ0v) is 14.0. The van der Waals surface area contributed by atoms with E-state index in [-0.39, 0.29) is 18.1 Å². The minimum atomic E-state index is -1.05. The maximum absolute atomic E-state index is 12.7. The Labute approximate surface area is 141 Å². The maximum Gasteiger partial charge on any atom is 0.335 e. The van der Waals surface area contributed by atoms with Gasteiger partial charge in [0.15, 0.2) is 0 Å². The van der Waals surface area contributed by atoms with Gasteiger partial charge in [-0.1, -0.05) is 30.3 Å². The van der Waals surface area contributed by atoms with Gasteiger partial charge in [0.05, 0.1) is 17.6 Å². The molecule has 0 unspecified atom stereocenters. The molecule has 126 valence electrons. The predicted octanol–water partition coefficient (Wildman–Crippen LogP) is 3.45. The van der Waals surface area contributed by atoms with Crippen molar-refractivity contribution >= 4 is 17.6 Å². The van der Waals surface area contributed by atoms with Crippen LogP contribution in [0.2, 0.25) is 0 Å². The van der Waals surface area contributed by atoms with Gasteiger partial charge in [0.1, 0.15) is 0 Å². The zero-order chi connectivity index (χ0) is 17.7. The number of amides is 1. The van der Waals surface area contributed by atoms with Gasteiger partial charge in [-0.3, -0.25) is 4.79 Å². The topological polar surface area (TPSA) is 75.6 Å². The van der Waals surface area contributed by atoms with Crippen molar-refractivity contribution in [2.45, 2.75) is 25.9 Å². The maximum atomic E-state index is 12.7. The highest BCUT2D eigenvalue weighted by Gasteiger charge is 2.29. The Morgan fingerprint density at radius 1 is 1.12 bits per heavy atom. The Balaban J connectivity index is 2.29. The number of anilines is 1. The minimum Gasteiger partial charge on any atom is -0.478 e. The number of rotatable bonds is 6. The quantitative estimate of drug-likeness (QED) is 0.852. The van der Waals surface area contributed by atoms with Crippen LogP contribution >= 0.6 is 0 Å². The molecule has 0 aromatic heterocycles. The van der Waals surface area contributed by atoms with Crippen LogP contribution in [0.5, 0.6) is 0 Å². The molecule has 2 aromatic carbocycles. The largest absolute Gasteiger partial charge is 0.478 e. The number of nitrogens with one attached hydrogen (secondary N) is 1. The van der Waals surface area contributed by atoms with E-state index in [4.69, 9.17) is 4.74 Å². The average molecular weight is 327 g/mol. The van der Waals surface area contributed by atoms with E-state index in [0.717, 1.165) is 5.56 Å². The van der Waals surface area contributed by atoms with Crippen molar-refractivity contribution in [3.63, 3.8) is 0 Å². The molecule has 0 bridgehead atoms. The molecule has 5 nitrogen and oxygen atoms in total. The predicted molar refractivity (Wildman–Crippen MR) is 92.2 cm³/mol. The lowest BCUT2D eigenvalue weighted by Gasteiger charge is -2.24. The molecule has 24 heavy (non-hydrogen) atoms. The summed E-state index contributed by atoms with van der Waals surface area (Å²) in [4.78, 5) is 24.0. The van der Waals surface area contributed by atoms with Crippen LogP contribution < -0.4 is 5.32 Å². The van der Waals surface area contributed by atoms with Gasteiger partial charge in [-0.05, 0) is 43.2 Å². The first-order valence-corrected chi connectivity index (χ1v) is 7.58. The van der Waals surface area contributed by atoms with E-state index in [1.54, 1.807) is 6.07 Å². The fourth-order valence-corrected chi connectivity index (χ4v) is 2.41. The van der Waals surface area contributed by atoms with Crippen molar-refractivity contribution in [2.24, 2.45) is 0 Å². The third-order valence-corrected chi connectivity index (χ3v) is 3.87. The molecule has 0 aliphatic carbocycles. The van der Waals surface area contributed by atoms with E-state index < -0.39 is 11.4 Å². The molecule has 5 heteroatoms. The van der Waals surface area contributed by atoms with E-state index in [0.29, 0.717) is 11.3 Å². The number of aromatic carboxylic acids is 1. The third kappa shape index (κ3) is 4.00. The molecule has 0 heterocycles. The fraction of sp³-hybridized carbons (Fsp3) is 0.263. The second-order valence-corrected chi connectivity index (χ2v) is 6.10. The number of carboxylic acids is 1. The van der Waals surface area contributed by atoms with Crippen LogP contribution in [-0.2, 0) is 21.6 Å². The van der Waals surface area contributed by atoms with E-state index >= 15 is 0 Å². The Morgan fingerprint density at radius 2 is 1.79 bits per heavy atom. The molecule has 0 atom stereocenters. The molecule has 2 aromatic rings. The van der Waals surface area contributed by atoms with Crippen LogP contribution in [0.15, 0.2) is 48.5 Å². The number of carbonyl (C=O) groups is 2. The Morgan fingerprint density at radius 3 is 2.38 bits per heavy atom. The number of ether oxygens (including phenoxy) is 1. The van der Waals surface area contributed by atoms with Crippen molar-refractivity contribution in [1.29, 1.82) is 0 Å². The molecular weight excluding hydrogens is 306 g/mol. The summed E-state index contributed by atoms with van der Waals surface area (Å²) in [5.74, 6) is -1.26. The Bertz CT molecular complexity index is 738. The van der Waals surface area contributed by atoms with Gasteiger partial charge in [-0.25, -0.2) is 4.79 Å². The molecule has 1 amide bonds. The van der Waals surface area contributed by atoms with Gasteiger partial charge in [0.2, 0.25) is 5.91 Å². The lowest BCUT2D eigenvalue weighted by Crippen LogP contribution is -2.34. The van der Waals surface area contributed by atoms with Gasteiger partial charge in [0, 0.05) is 12.8 Å². The summed E-state index contributed by atoms with van der Waals surface area (Å²) in [5.41, 5.74) is 1.37. The van der Waals surface area contributed by atoms with Crippen molar-refractivity contribution in [2.75, 3.05) is 12.4 Å². The second-order valence-electron chi connectivity index (χ2n) is 6.10. The summed E-state index contributed by atoms with van der Waals surface area (Å²) in [7, 11) is 1.53. The first kappa shape index (κ1) is 17.7. The number of benzene rings is 2. The van der Waals surface area contributed by atoms with E-state index in [1.807, 2.05) is 44.2 Å². The molecule has 0 saturated carbocycles. The van der Waals surface area contributed by atoms with Crippen LogP contribution in [0, 0.1) is 0 Å². The van der Waals surface area contributed by atoms with Crippen molar-refractivity contribution in [1.82, 2.24) is 0 Å². The summed E-state index contributed by atoms with van der Waals surface area (Å²) in [5, 5.41) is 12.0. The van der Waals surface area contributed by atoms with Crippen molar-refractivity contribution in [3.8, 4) is 0 Å². The number of hydrogen-bond acceptors (Lipinski definition) is 3. The normalized spacial score (nSPS) is 11.1. The average Bonchev–Trinajstić information content (AvgIpc) is 2.55. The molecule has 0 spiro atoms. The highest BCUT2D eigenvalue weighted by atomic mass is 16.5. The summed E-state index contributed by atoms with van der Waals surface area (Å²) in [6.45, 7) is 3.93. The Hall–Kier alpha value is -2.66. The first-order chi connectivity index (χ1) is 11.3. The van der Waals surface area contributed by atoms with Crippen molar-refractivity contribution in [3.05, 3.63) is 65.2 Å². The van der Waals surface area contributed by atoms with Gasteiger partial charge >= 0.3 is 5.97 Å². The summed E-state index contributed by atoms with van der Waals surface area (Å²) in [6, 6.07) is 14.1. The van der Waals surface area contributed by atoms with Crippen LogP contribution in [-0.4, -0.2) is 24.1 Å². The number of methoxy groups -OCH3 is 1. The van der Waals surface area contributed by atoms with Crippen LogP contribution in [0.3, 0.4) is 0 Å².